The fourth-order valence-corrected chi connectivity index (χ4v) is 6.14. The summed E-state index contributed by atoms with van der Waals surface area (Å²) >= 11 is 0.919. The van der Waals surface area contributed by atoms with E-state index in [4.69, 9.17) is 5.73 Å². The summed E-state index contributed by atoms with van der Waals surface area (Å²) in [5, 5.41) is 6.18. The molecule has 8 nitrogen and oxygen atoms in total. The number of nitrogens with zero attached hydrogens (tertiary/aromatic N) is 2. The van der Waals surface area contributed by atoms with E-state index in [0.717, 1.165) is 74.9 Å². The summed E-state index contributed by atoms with van der Waals surface area (Å²) in [6.45, 7) is 3.97. The first-order valence-electron chi connectivity index (χ1n) is 13.7. The Morgan fingerprint density at radius 1 is 0.973 bits per heavy atom. The van der Waals surface area contributed by atoms with Gasteiger partial charge in [0.25, 0.3) is 11.8 Å². The van der Waals surface area contributed by atoms with E-state index in [1.807, 2.05) is 31.2 Å². The van der Waals surface area contributed by atoms with Crippen molar-refractivity contribution in [3.8, 4) is 0 Å². The zero-order valence-electron chi connectivity index (χ0n) is 21.9. The van der Waals surface area contributed by atoms with Crippen LogP contribution in [-0.2, 0) is 11.2 Å². The molecule has 0 saturated heterocycles. The number of aryl methyl sites for hydroxylation is 1. The van der Waals surface area contributed by atoms with Crippen LogP contribution in [0.2, 0.25) is 0 Å². The molecule has 1 heterocycles. The maximum atomic E-state index is 14.0. The van der Waals surface area contributed by atoms with E-state index in [-0.39, 0.29) is 40.2 Å². The van der Waals surface area contributed by atoms with Crippen LogP contribution in [0.3, 0.4) is 0 Å². The van der Waals surface area contributed by atoms with Crippen molar-refractivity contribution < 1.29 is 14.4 Å². The number of nitrogens with one attached hydrogen (secondary N) is 2. The molecule has 0 radical (unpaired) electrons. The molecule has 2 aliphatic rings. The van der Waals surface area contributed by atoms with E-state index < -0.39 is 11.9 Å². The van der Waals surface area contributed by atoms with Crippen LogP contribution in [0, 0.1) is 0 Å². The lowest BCUT2D eigenvalue weighted by Gasteiger charge is -2.31. The zero-order valence-corrected chi connectivity index (χ0v) is 22.7. The van der Waals surface area contributed by atoms with Crippen molar-refractivity contribution in [2.75, 3.05) is 10.6 Å². The minimum atomic E-state index is -0.707. The van der Waals surface area contributed by atoms with Gasteiger partial charge in [0, 0.05) is 17.8 Å². The fourth-order valence-electron chi connectivity index (χ4n) is 5.41. The number of benzene rings is 1. The van der Waals surface area contributed by atoms with E-state index in [1.54, 1.807) is 0 Å². The molecule has 3 amide bonds. The van der Waals surface area contributed by atoms with Crippen LogP contribution >= 0.6 is 11.5 Å². The van der Waals surface area contributed by atoms with Crippen LogP contribution in [0.5, 0.6) is 0 Å². The van der Waals surface area contributed by atoms with Crippen molar-refractivity contribution >= 4 is 40.6 Å². The third-order valence-corrected chi connectivity index (χ3v) is 8.47. The van der Waals surface area contributed by atoms with Crippen molar-refractivity contribution in [1.82, 2.24) is 15.0 Å². The van der Waals surface area contributed by atoms with Gasteiger partial charge in [-0.2, -0.15) is 4.37 Å². The van der Waals surface area contributed by atoms with Gasteiger partial charge in [-0.25, -0.2) is 0 Å². The second-order valence-corrected chi connectivity index (χ2v) is 11.0. The number of nitrogen functional groups attached to an aromatic ring is 1. The van der Waals surface area contributed by atoms with Gasteiger partial charge in [-0.05, 0) is 67.8 Å². The molecular weight excluding hydrogens is 486 g/mol. The number of hydrogen-bond acceptors (Lipinski definition) is 6. The number of carbonyl (C=O) groups excluding carboxylic acids is 3. The van der Waals surface area contributed by atoms with Crippen LogP contribution in [0.15, 0.2) is 24.3 Å². The average Bonchev–Trinajstić information content (AvgIpc) is 3.57. The first-order chi connectivity index (χ1) is 17.9. The smallest absolute Gasteiger partial charge is 0.273 e. The number of aromatic nitrogens is 1. The first kappa shape index (κ1) is 27.1. The summed E-state index contributed by atoms with van der Waals surface area (Å²) in [6, 6.07) is 7.23. The number of amides is 3. The third-order valence-electron chi connectivity index (χ3n) is 7.62. The Bertz CT molecular complexity index is 1090. The fraction of sp³-hybridized carbons (Fsp3) is 0.571. The van der Waals surface area contributed by atoms with Crippen LogP contribution in [0.1, 0.15) is 104 Å². The molecule has 2 aromatic rings. The minimum absolute atomic E-state index is 0.0736. The number of rotatable bonds is 9. The van der Waals surface area contributed by atoms with E-state index in [0.29, 0.717) is 12.1 Å². The summed E-state index contributed by atoms with van der Waals surface area (Å²) in [5.74, 6) is -0.922. The lowest BCUT2D eigenvalue weighted by Crippen LogP contribution is -2.51. The van der Waals surface area contributed by atoms with Crippen molar-refractivity contribution in [2.45, 2.75) is 103 Å². The average molecular weight is 526 g/mol. The summed E-state index contributed by atoms with van der Waals surface area (Å²) < 4.78 is 4.28. The Morgan fingerprint density at radius 3 is 2.16 bits per heavy atom. The number of hydrogen-bond donors (Lipinski definition) is 3. The molecule has 4 N–H and O–H groups in total. The normalized spacial score (nSPS) is 17.4. The third kappa shape index (κ3) is 6.32. The minimum Gasteiger partial charge on any atom is -0.395 e. The Balaban J connectivity index is 1.61. The SMILES string of the molecule is CCc1ccc(N(C(=O)c2snc(C(=O)NC3CCCCC3)c2N)[C@H](CC)C(=O)NC2CCCC2)cc1. The highest BCUT2D eigenvalue weighted by molar-refractivity contribution is 7.09. The van der Waals surface area contributed by atoms with E-state index in [1.165, 1.54) is 11.3 Å². The second-order valence-electron chi connectivity index (χ2n) is 10.2. The van der Waals surface area contributed by atoms with Gasteiger partial charge in [0.05, 0.1) is 5.69 Å². The molecule has 0 unspecified atom stereocenters. The summed E-state index contributed by atoms with van der Waals surface area (Å²) in [4.78, 5) is 42.0. The number of anilines is 2. The van der Waals surface area contributed by atoms with Gasteiger partial charge in [-0.3, -0.25) is 19.3 Å². The van der Waals surface area contributed by atoms with Gasteiger partial charge in [0.1, 0.15) is 10.9 Å². The maximum Gasteiger partial charge on any atom is 0.273 e. The van der Waals surface area contributed by atoms with Gasteiger partial charge in [0.15, 0.2) is 5.69 Å². The van der Waals surface area contributed by atoms with Gasteiger partial charge in [-0.15, -0.1) is 0 Å². The van der Waals surface area contributed by atoms with Gasteiger partial charge in [-0.1, -0.05) is 58.1 Å². The monoisotopic (exact) mass is 525 g/mol. The summed E-state index contributed by atoms with van der Waals surface area (Å²) in [5.41, 5.74) is 8.28. The zero-order chi connectivity index (χ0) is 26.4. The highest BCUT2D eigenvalue weighted by Gasteiger charge is 2.35. The Morgan fingerprint density at radius 2 is 1.57 bits per heavy atom. The Kier molecular flexibility index (Phi) is 9.18. The molecule has 0 aliphatic heterocycles. The van der Waals surface area contributed by atoms with Crippen molar-refractivity contribution in [3.05, 3.63) is 40.4 Å². The Labute approximate surface area is 223 Å². The molecule has 4 rings (SSSR count). The van der Waals surface area contributed by atoms with Gasteiger partial charge < -0.3 is 16.4 Å². The highest BCUT2D eigenvalue weighted by Crippen LogP contribution is 2.30. The molecule has 0 spiro atoms. The lowest BCUT2D eigenvalue weighted by atomic mass is 9.95. The molecular formula is C28H39N5O3S. The van der Waals surface area contributed by atoms with Gasteiger partial charge >= 0.3 is 0 Å². The molecule has 2 saturated carbocycles. The highest BCUT2D eigenvalue weighted by atomic mass is 32.1. The van der Waals surface area contributed by atoms with Crippen LogP contribution in [0.4, 0.5) is 11.4 Å². The second kappa shape index (κ2) is 12.5. The van der Waals surface area contributed by atoms with Crippen LogP contribution < -0.4 is 21.3 Å². The summed E-state index contributed by atoms with van der Waals surface area (Å²) in [6.07, 6.45) is 10.7. The molecule has 0 bridgehead atoms. The Hall–Kier alpha value is -2.94. The number of carbonyl (C=O) groups is 3. The quantitative estimate of drug-likeness (QED) is 0.433. The van der Waals surface area contributed by atoms with Crippen LogP contribution in [0.25, 0.3) is 0 Å². The molecule has 37 heavy (non-hydrogen) atoms. The number of nitrogens with two attached hydrogens (primary N) is 1. The molecule has 2 fully saturated rings. The molecule has 200 valence electrons. The molecule has 1 atom stereocenters. The van der Waals surface area contributed by atoms with E-state index in [2.05, 4.69) is 21.9 Å². The van der Waals surface area contributed by atoms with Crippen molar-refractivity contribution in [3.63, 3.8) is 0 Å². The predicted octanol–water partition coefficient (Wildman–Crippen LogP) is 4.83. The van der Waals surface area contributed by atoms with Crippen LogP contribution in [-0.4, -0.2) is 40.2 Å². The predicted molar refractivity (Wildman–Crippen MR) is 148 cm³/mol. The first-order valence-corrected chi connectivity index (χ1v) is 14.5. The molecule has 1 aromatic heterocycles. The molecule has 9 heteroatoms. The molecule has 2 aliphatic carbocycles. The standard InChI is InChI=1S/C28H39N5O3S/c1-3-18-14-16-21(17-15-18)33(22(4-2)26(34)30-19-12-8-9-13-19)28(36)25-23(29)24(32-37-25)27(35)31-20-10-6-5-7-11-20/h14-17,19-20,22H,3-13,29H2,1-2H3,(H,30,34)(H,31,35)/t22-/m1/s1. The topological polar surface area (TPSA) is 117 Å². The summed E-state index contributed by atoms with van der Waals surface area (Å²) in [7, 11) is 0. The van der Waals surface area contributed by atoms with Crippen molar-refractivity contribution in [2.24, 2.45) is 0 Å². The van der Waals surface area contributed by atoms with Crippen molar-refractivity contribution in [1.29, 1.82) is 0 Å². The van der Waals surface area contributed by atoms with Gasteiger partial charge in [0.2, 0.25) is 5.91 Å². The lowest BCUT2D eigenvalue weighted by molar-refractivity contribution is -0.123. The molecule has 1 aromatic carbocycles. The maximum absolute atomic E-state index is 14.0. The van der Waals surface area contributed by atoms with E-state index in [9.17, 15) is 14.4 Å². The largest absolute Gasteiger partial charge is 0.395 e. The van der Waals surface area contributed by atoms with E-state index >= 15 is 0 Å².